The molecular weight excluding hydrogens is 190 g/mol. The second kappa shape index (κ2) is 4.14. The number of carbonyl (C=O) groups is 1. The van der Waals surface area contributed by atoms with Crippen LogP contribution >= 0.6 is 0 Å². The van der Waals surface area contributed by atoms with Crippen LogP contribution < -0.4 is 5.73 Å². The number of hydrogen-bond donors (Lipinski definition) is 1. The van der Waals surface area contributed by atoms with E-state index >= 15 is 0 Å². The summed E-state index contributed by atoms with van der Waals surface area (Å²) in [5.41, 5.74) is 5.67. The van der Waals surface area contributed by atoms with Gasteiger partial charge in [-0.25, -0.2) is 4.98 Å². The van der Waals surface area contributed by atoms with E-state index in [1.54, 1.807) is 12.4 Å². The normalized spacial score (nSPS) is 13.9. The zero-order valence-corrected chi connectivity index (χ0v) is 9.82. The average molecular weight is 209 g/mol. The topological polar surface area (TPSA) is 60.9 Å². The fraction of sp³-hybridized carbons (Fsp3) is 0.636. The molecule has 84 valence electrons. The van der Waals surface area contributed by atoms with Crippen molar-refractivity contribution in [3.8, 4) is 0 Å². The highest BCUT2D eigenvalue weighted by molar-refractivity contribution is 5.97. The largest absolute Gasteiger partial charge is 0.329 e. The highest BCUT2D eigenvalue weighted by Crippen LogP contribution is 2.20. The fourth-order valence-electron chi connectivity index (χ4n) is 1.32. The van der Waals surface area contributed by atoms with Gasteiger partial charge < -0.3 is 10.3 Å². The van der Waals surface area contributed by atoms with Crippen molar-refractivity contribution in [3.63, 3.8) is 0 Å². The first kappa shape index (κ1) is 11.9. The molecule has 0 aliphatic carbocycles. The highest BCUT2D eigenvalue weighted by Gasteiger charge is 2.30. The summed E-state index contributed by atoms with van der Waals surface area (Å²) in [5, 5.41) is 0. The van der Waals surface area contributed by atoms with Gasteiger partial charge in [0.1, 0.15) is 0 Å². The van der Waals surface area contributed by atoms with Crippen LogP contribution in [0.5, 0.6) is 0 Å². The molecule has 4 heteroatoms. The molecule has 4 nitrogen and oxygen atoms in total. The minimum atomic E-state index is -0.509. The quantitative estimate of drug-likeness (QED) is 0.767. The number of hydrogen-bond acceptors (Lipinski definition) is 3. The smallest absolute Gasteiger partial charge is 0.215 e. The maximum atomic E-state index is 12.0. The predicted octanol–water partition coefficient (Wildman–Crippen LogP) is 1.46. The van der Waals surface area contributed by atoms with Crippen LogP contribution in [-0.4, -0.2) is 21.4 Å². The summed E-state index contributed by atoms with van der Waals surface area (Å²) in [5.74, 6) is 0.370. The number of nitrogens with zero attached hydrogens (tertiary/aromatic N) is 2. The maximum absolute atomic E-state index is 12.0. The first-order chi connectivity index (χ1) is 6.88. The minimum Gasteiger partial charge on any atom is -0.329 e. The second-order valence-corrected chi connectivity index (χ2v) is 4.74. The molecule has 0 fully saturated rings. The third-order valence-electron chi connectivity index (χ3n) is 2.49. The van der Waals surface area contributed by atoms with Crippen LogP contribution in [0.2, 0.25) is 0 Å². The zero-order valence-electron chi connectivity index (χ0n) is 9.82. The van der Waals surface area contributed by atoms with Crippen LogP contribution in [0.25, 0.3) is 0 Å². The molecule has 0 bridgehead atoms. The van der Waals surface area contributed by atoms with Gasteiger partial charge in [-0.05, 0) is 12.3 Å². The average Bonchev–Trinajstić information content (AvgIpc) is 2.61. The van der Waals surface area contributed by atoms with Gasteiger partial charge in [-0.3, -0.25) is 4.79 Å². The van der Waals surface area contributed by atoms with E-state index in [4.69, 9.17) is 5.73 Å². The molecule has 0 aliphatic rings. The van der Waals surface area contributed by atoms with Crippen LogP contribution in [0.3, 0.4) is 0 Å². The Bertz CT molecular complexity index is 349. The van der Waals surface area contributed by atoms with Crippen molar-refractivity contribution in [1.82, 2.24) is 9.55 Å². The molecule has 0 saturated heterocycles. The zero-order chi connectivity index (χ0) is 11.6. The van der Waals surface area contributed by atoms with Gasteiger partial charge in [0.25, 0.3) is 0 Å². The SMILES string of the molecule is CCn1ccnc1C(=O)C(N)C(C)(C)C. The monoisotopic (exact) mass is 209 g/mol. The van der Waals surface area contributed by atoms with Gasteiger partial charge in [0.15, 0.2) is 5.82 Å². The van der Waals surface area contributed by atoms with Crippen LogP contribution in [0.15, 0.2) is 12.4 Å². The van der Waals surface area contributed by atoms with E-state index in [1.165, 1.54) is 0 Å². The molecule has 1 aromatic heterocycles. The standard InChI is InChI=1S/C11H19N3O/c1-5-14-7-6-13-10(14)8(15)9(12)11(2,3)4/h6-7,9H,5,12H2,1-4H3. The summed E-state index contributed by atoms with van der Waals surface area (Å²) in [7, 11) is 0. The molecule has 0 spiro atoms. The van der Waals surface area contributed by atoms with E-state index in [0.29, 0.717) is 5.82 Å². The summed E-state index contributed by atoms with van der Waals surface area (Å²) in [6.07, 6.45) is 3.43. The summed E-state index contributed by atoms with van der Waals surface area (Å²) in [4.78, 5) is 16.1. The molecule has 0 aromatic carbocycles. The third kappa shape index (κ3) is 2.45. The Labute approximate surface area is 90.5 Å². The highest BCUT2D eigenvalue weighted by atomic mass is 16.1. The molecule has 1 aromatic rings. The Balaban J connectivity index is 2.95. The van der Waals surface area contributed by atoms with Gasteiger partial charge in [-0.15, -0.1) is 0 Å². The minimum absolute atomic E-state index is 0.0886. The molecule has 15 heavy (non-hydrogen) atoms. The summed E-state index contributed by atoms with van der Waals surface area (Å²) >= 11 is 0. The Morgan fingerprint density at radius 3 is 2.67 bits per heavy atom. The van der Waals surface area contributed by atoms with Crippen molar-refractivity contribution in [1.29, 1.82) is 0 Å². The molecular formula is C11H19N3O. The van der Waals surface area contributed by atoms with E-state index in [1.807, 2.05) is 32.3 Å². The van der Waals surface area contributed by atoms with Crippen molar-refractivity contribution in [2.45, 2.75) is 40.3 Å². The lowest BCUT2D eigenvalue weighted by Gasteiger charge is -2.25. The molecule has 1 unspecified atom stereocenters. The number of nitrogens with two attached hydrogens (primary N) is 1. The summed E-state index contributed by atoms with van der Waals surface area (Å²) in [6, 6.07) is -0.509. The summed E-state index contributed by atoms with van der Waals surface area (Å²) < 4.78 is 1.81. The number of carbonyl (C=O) groups excluding carboxylic acids is 1. The first-order valence-electron chi connectivity index (χ1n) is 5.19. The second-order valence-electron chi connectivity index (χ2n) is 4.74. The van der Waals surface area contributed by atoms with Gasteiger partial charge in [-0.2, -0.15) is 0 Å². The summed E-state index contributed by atoms with van der Waals surface area (Å²) in [6.45, 7) is 8.57. The molecule has 1 atom stereocenters. The first-order valence-corrected chi connectivity index (χ1v) is 5.19. The van der Waals surface area contributed by atoms with Crippen molar-refractivity contribution in [2.24, 2.45) is 11.1 Å². The van der Waals surface area contributed by atoms with Crippen LogP contribution in [0.4, 0.5) is 0 Å². The van der Waals surface area contributed by atoms with Crippen molar-refractivity contribution < 1.29 is 4.79 Å². The molecule has 1 heterocycles. The number of aryl methyl sites for hydroxylation is 1. The third-order valence-corrected chi connectivity index (χ3v) is 2.49. The number of rotatable bonds is 3. The van der Waals surface area contributed by atoms with Crippen LogP contribution in [0.1, 0.15) is 38.3 Å². The van der Waals surface area contributed by atoms with Gasteiger partial charge in [0.2, 0.25) is 5.78 Å². The lowest BCUT2D eigenvalue weighted by atomic mass is 9.84. The van der Waals surface area contributed by atoms with E-state index in [9.17, 15) is 4.79 Å². The Morgan fingerprint density at radius 1 is 1.60 bits per heavy atom. The number of imidazole rings is 1. The van der Waals surface area contributed by atoms with Crippen LogP contribution in [0, 0.1) is 5.41 Å². The van der Waals surface area contributed by atoms with Gasteiger partial charge in [0.05, 0.1) is 6.04 Å². The Kier molecular flexibility index (Phi) is 3.29. The number of Topliss-reactive ketones (excluding diaryl/α,β-unsaturated/α-hetero) is 1. The molecule has 0 saturated carbocycles. The van der Waals surface area contributed by atoms with E-state index in [2.05, 4.69) is 4.98 Å². The van der Waals surface area contributed by atoms with Gasteiger partial charge in [-0.1, -0.05) is 20.8 Å². The maximum Gasteiger partial charge on any atom is 0.215 e. The van der Waals surface area contributed by atoms with Gasteiger partial charge >= 0.3 is 0 Å². The van der Waals surface area contributed by atoms with Crippen LogP contribution in [-0.2, 0) is 6.54 Å². The predicted molar refractivity (Wildman–Crippen MR) is 59.7 cm³/mol. The molecule has 0 amide bonds. The Hall–Kier alpha value is -1.16. The lowest BCUT2D eigenvalue weighted by Crippen LogP contribution is -2.43. The number of ketones is 1. The van der Waals surface area contributed by atoms with Crippen molar-refractivity contribution >= 4 is 5.78 Å². The van der Waals surface area contributed by atoms with E-state index in [-0.39, 0.29) is 11.2 Å². The molecule has 1 rings (SSSR count). The van der Waals surface area contributed by atoms with Crippen molar-refractivity contribution in [2.75, 3.05) is 0 Å². The van der Waals surface area contributed by atoms with E-state index in [0.717, 1.165) is 6.54 Å². The number of aromatic nitrogens is 2. The van der Waals surface area contributed by atoms with E-state index < -0.39 is 6.04 Å². The fourth-order valence-corrected chi connectivity index (χ4v) is 1.32. The lowest BCUT2D eigenvalue weighted by molar-refractivity contribution is 0.0886. The Morgan fingerprint density at radius 2 is 2.20 bits per heavy atom. The molecule has 0 radical (unpaired) electrons. The van der Waals surface area contributed by atoms with Gasteiger partial charge in [0, 0.05) is 18.9 Å². The van der Waals surface area contributed by atoms with Crippen molar-refractivity contribution in [3.05, 3.63) is 18.2 Å². The molecule has 2 N–H and O–H groups in total. The molecule has 0 aliphatic heterocycles.